The van der Waals surface area contributed by atoms with Gasteiger partial charge in [-0.1, -0.05) is 42.5 Å². The third kappa shape index (κ3) is 2.63. The average Bonchev–Trinajstić information content (AvgIpc) is 2.83. The maximum absolute atomic E-state index is 12.0. The molecule has 4 nitrogen and oxygen atoms in total. The van der Waals surface area contributed by atoms with Crippen molar-refractivity contribution < 1.29 is 19.1 Å². The Labute approximate surface area is 128 Å². The predicted octanol–water partition coefficient (Wildman–Crippen LogP) is 2.77. The molecule has 0 unspecified atom stereocenters. The molecule has 0 fully saturated rings. The number of benzene rings is 2. The lowest BCUT2D eigenvalue weighted by Gasteiger charge is -2.05. The number of rotatable bonds is 4. The summed E-state index contributed by atoms with van der Waals surface area (Å²) in [5.41, 5.74) is 2.35. The van der Waals surface area contributed by atoms with Gasteiger partial charge in [0.25, 0.3) is 0 Å². The van der Waals surface area contributed by atoms with Crippen LogP contribution in [0.5, 0.6) is 5.75 Å². The molecule has 0 amide bonds. The minimum absolute atomic E-state index is 0.346. The second-order valence-electron chi connectivity index (χ2n) is 4.92. The lowest BCUT2D eigenvalue weighted by molar-refractivity contribution is -0.150. The fourth-order valence-corrected chi connectivity index (χ4v) is 2.43. The molecule has 0 atom stereocenters. The molecule has 0 spiro atoms. The third-order valence-electron chi connectivity index (χ3n) is 3.54. The third-order valence-corrected chi connectivity index (χ3v) is 3.54. The van der Waals surface area contributed by atoms with Crippen molar-refractivity contribution >= 4 is 17.5 Å². The van der Waals surface area contributed by atoms with Gasteiger partial charge in [0.05, 0.1) is 18.3 Å². The monoisotopic (exact) mass is 294 g/mol. The fraction of sp³-hybridized carbons (Fsp3) is 0.111. The summed E-state index contributed by atoms with van der Waals surface area (Å²) in [4.78, 5) is 23.9. The number of hydrogen-bond acceptors (Lipinski definition) is 4. The van der Waals surface area contributed by atoms with Crippen molar-refractivity contribution in [3.63, 3.8) is 0 Å². The van der Waals surface area contributed by atoms with Crippen molar-refractivity contribution in [1.82, 2.24) is 0 Å². The quantitative estimate of drug-likeness (QED) is 0.642. The molecule has 2 aromatic carbocycles. The van der Waals surface area contributed by atoms with Crippen molar-refractivity contribution in [1.29, 1.82) is 0 Å². The molecular weight excluding hydrogens is 280 g/mol. The molecule has 0 bridgehead atoms. The van der Waals surface area contributed by atoms with E-state index in [1.165, 1.54) is 0 Å². The number of esters is 2. The summed E-state index contributed by atoms with van der Waals surface area (Å²) in [5, 5.41) is 0. The largest absolute Gasteiger partial charge is 0.497 e. The number of ether oxygens (including phenoxy) is 2. The molecule has 0 saturated heterocycles. The Hall–Kier alpha value is -2.88. The van der Waals surface area contributed by atoms with Gasteiger partial charge in [-0.25, -0.2) is 9.59 Å². The maximum Gasteiger partial charge on any atom is 0.347 e. The van der Waals surface area contributed by atoms with Gasteiger partial charge in [-0.05, 0) is 23.3 Å². The topological polar surface area (TPSA) is 52.6 Å². The van der Waals surface area contributed by atoms with Gasteiger partial charge in [-0.15, -0.1) is 0 Å². The normalized spacial score (nSPS) is 14.2. The molecule has 0 N–H and O–H groups in total. The lowest BCUT2D eigenvalue weighted by atomic mass is 9.96. The van der Waals surface area contributed by atoms with Gasteiger partial charge in [0.1, 0.15) is 5.75 Å². The van der Waals surface area contributed by atoms with Crippen LogP contribution in [0.4, 0.5) is 0 Å². The Balaban J connectivity index is 1.98. The van der Waals surface area contributed by atoms with Crippen LogP contribution < -0.4 is 4.74 Å². The first-order chi connectivity index (χ1) is 10.7. The highest BCUT2D eigenvalue weighted by molar-refractivity contribution is 6.30. The summed E-state index contributed by atoms with van der Waals surface area (Å²) < 4.78 is 9.89. The number of cyclic esters (lactones) is 2. The zero-order valence-electron chi connectivity index (χ0n) is 12.0. The SMILES string of the molecule is COc1ccc(CC2=C(c3ccccc3)C(=O)OC2=O)cc1. The fourth-order valence-electron chi connectivity index (χ4n) is 2.43. The van der Waals surface area contributed by atoms with Gasteiger partial charge >= 0.3 is 11.9 Å². The summed E-state index contributed by atoms with van der Waals surface area (Å²) in [7, 11) is 1.60. The van der Waals surface area contributed by atoms with Gasteiger partial charge in [0.15, 0.2) is 0 Å². The molecule has 22 heavy (non-hydrogen) atoms. The van der Waals surface area contributed by atoms with Gasteiger partial charge < -0.3 is 9.47 Å². The molecule has 110 valence electrons. The van der Waals surface area contributed by atoms with Crippen LogP contribution in [0.2, 0.25) is 0 Å². The Kier molecular flexibility index (Phi) is 3.74. The average molecular weight is 294 g/mol. The first-order valence-electron chi connectivity index (χ1n) is 6.87. The predicted molar refractivity (Wildman–Crippen MR) is 81.2 cm³/mol. The zero-order chi connectivity index (χ0) is 15.5. The van der Waals surface area contributed by atoms with E-state index in [0.717, 1.165) is 11.3 Å². The molecule has 0 saturated carbocycles. The van der Waals surface area contributed by atoms with E-state index in [9.17, 15) is 9.59 Å². The minimum atomic E-state index is -0.584. The van der Waals surface area contributed by atoms with Crippen LogP contribution in [0, 0.1) is 0 Å². The van der Waals surface area contributed by atoms with Crippen molar-refractivity contribution in [2.75, 3.05) is 7.11 Å². The maximum atomic E-state index is 12.0. The Bertz CT molecular complexity index is 742. The van der Waals surface area contributed by atoms with Crippen molar-refractivity contribution in [2.45, 2.75) is 6.42 Å². The standard InChI is InChI=1S/C18H14O4/c1-21-14-9-7-12(8-10-14)11-15-16(18(20)22-17(15)19)13-5-3-2-4-6-13/h2-10H,11H2,1H3. The first kappa shape index (κ1) is 14.1. The summed E-state index contributed by atoms with van der Waals surface area (Å²) >= 11 is 0. The molecule has 0 radical (unpaired) electrons. The molecule has 3 rings (SSSR count). The van der Waals surface area contributed by atoms with E-state index in [1.807, 2.05) is 42.5 Å². The summed E-state index contributed by atoms with van der Waals surface area (Å²) in [6, 6.07) is 16.5. The van der Waals surface area contributed by atoms with Gasteiger partial charge in [0.2, 0.25) is 0 Å². The highest BCUT2D eigenvalue weighted by atomic mass is 16.6. The number of methoxy groups -OCH3 is 1. The summed E-state index contributed by atoms with van der Waals surface area (Å²) in [5.74, 6) is -0.412. The number of hydrogen-bond donors (Lipinski definition) is 0. The lowest BCUT2D eigenvalue weighted by Crippen LogP contribution is -2.03. The molecule has 1 aliphatic rings. The molecule has 4 heteroatoms. The highest BCUT2D eigenvalue weighted by Crippen LogP contribution is 2.29. The Morgan fingerprint density at radius 1 is 0.909 bits per heavy atom. The molecule has 2 aromatic rings. The molecule has 1 aliphatic heterocycles. The zero-order valence-corrected chi connectivity index (χ0v) is 12.0. The Morgan fingerprint density at radius 3 is 2.23 bits per heavy atom. The molecule has 1 heterocycles. The second kappa shape index (κ2) is 5.85. The molecule has 0 aliphatic carbocycles. The van der Waals surface area contributed by atoms with Crippen LogP contribution in [0.1, 0.15) is 11.1 Å². The van der Waals surface area contributed by atoms with E-state index in [2.05, 4.69) is 0 Å². The van der Waals surface area contributed by atoms with Gasteiger partial charge in [-0.3, -0.25) is 0 Å². The smallest absolute Gasteiger partial charge is 0.347 e. The second-order valence-corrected chi connectivity index (χ2v) is 4.92. The van der Waals surface area contributed by atoms with E-state index >= 15 is 0 Å². The van der Waals surface area contributed by atoms with Crippen LogP contribution >= 0.6 is 0 Å². The van der Waals surface area contributed by atoms with Crippen LogP contribution in [0.15, 0.2) is 60.2 Å². The van der Waals surface area contributed by atoms with E-state index < -0.39 is 11.9 Å². The van der Waals surface area contributed by atoms with Crippen LogP contribution in [0.3, 0.4) is 0 Å². The Morgan fingerprint density at radius 2 is 1.59 bits per heavy atom. The van der Waals surface area contributed by atoms with E-state index in [-0.39, 0.29) is 0 Å². The van der Waals surface area contributed by atoms with Crippen LogP contribution in [0.25, 0.3) is 5.57 Å². The summed E-state index contributed by atoms with van der Waals surface area (Å²) in [6.07, 6.45) is 0.346. The van der Waals surface area contributed by atoms with E-state index in [1.54, 1.807) is 19.2 Å². The number of carbonyl (C=O) groups excluding carboxylic acids is 2. The first-order valence-corrected chi connectivity index (χ1v) is 6.87. The molecule has 0 aromatic heterocycles. The highest BCUT2D eigenvalue weighted by Gasteiger charge is 2.33. The van der Waals surface area contributed by atoms with Crippen LogP contribution in [-0.2, 0) is 20.7 Å². The van der Waals surface area contributed by atoms with Gasteiger partial charge in [0, 0.05) is 6.42 Å². The molecular formula is C18H14O4. The van der Waals surface area contributed by atoms with Crippen molar-refractivity contribution in [3.8, 4) is 5.75 Å². The van der Waals surface area contributed by atoms with E-state index in [0.29, 0.717) is 23.1 Å². The van der Waals surface area contributed by atoms with Gasteiger partial charge in [-0.2, -0.15) is 0 Å². The van der Waals surface area contributed by atoms with E-state index in [4.69, 9.17) is 9.47 Å². The van der Waals surface area contributed by atoms with Crippen molar-refractivity contribution in [2.24, 2.45) is 0 Å². The number of carbonyl (C=O) groups is 2. The van der Waals surface area contributed by atoms with Crippen molar-refractivity contribution in [3.05, 3.63) is 71.3 Å². The van der Waals surface area contributed by atoms with Crippen LogP contribution in [-0.4, -0.2) is 19.0 Å². The summed E-state index contributed by atoms with van der Waals surface area (Å²) in [6.45, 7) is 0. The minimum Gasteiger partial charge on any atom is -0.497 e.